The Kier molecular flexibility index (Phi) is 5.48. The number of likely N-dealkylation sites (tertiary alicyclic amines) is 1. The Balaban J connectivity index is 2.68. The zero-order valence-corrected chi connectivity index (χ0v) is 12.5. The van der Waals surface area contributed by atoms with Crippen LogP contribution < -0.4 is 0 Å². The van der Waals surface area contributed by atoms with Crippen LogP contribution in [0.2, 0.25) is 0 Å². The Bertz CT molecular complexity index is 254. The molecule has 1 unspecified atom stereocenters. The molecule has 1 rings (SSSR count). The van der Waals surface area contributed by atoms with E-state index in [1.165, 1.54) is 31.6 Å². The van der Waals surface area contributed by atoms with Crippen LogP contribution in [-0.4, -0.2) is 29.4 Å². The van der Waals surface area contributed by atoms with Crippen molar-refractivity contribution in [3.63, 3.8) is 0 Å². The van der Waals surface area contributed by atoms with Gasteiger partial charge in [-0.2, -0.15) is 0 Å². The molecule has 0 amide bonds. The molecule has 1 aliphatic heterocycles. The van der Waals surface area contributed by atoms with Crippen LogP contribution in [0.5, 0.6) is 0 Å². The fraction of sp³-hybridized carbons (Fsp3) is 0.933. The monoisotopic (exact) mass is 238 g/mol. The van der Waals surface area contributed by atoms with Crippen molar-refractivity contribution in [1.29, 1.82) is 0 Å². The summed E-state index contributed by atoms with van der Waals surface area (Å²) in [6.07, 6.45) is 3.86. The lowest BCUT2D eigenvalue weighted by Gasteiger charge is -2.39. The molecule has 0 aromatic heterocycles. The predicted molar refractivity (Wildman–Crippen MR) is 76.6 cm³/mol. The second kappa shape index (κ2) is 6.42. The highest BCUT2D eigenvalue weighted by Gasteiger charge is 2.26. The first kappa shape index (κ1) is 14.5. The molecule has 0 aromatic carbocycles. The Morgan fingerprint density at radius 2 is 1.82 bits per heavy atom. The maximum Gasteiger partial charge on any atom is 0.0994 e. The molecule has 2 heteroatoms. The first-order chi connectivity index (χ1) is 7.90. The minimum atomic E-state index is 0.424. The van der Waals surface area contributed by atoms with Crippen molar-refractivity contribution in [2.75, 3.05) is 6.54 Å². The number of amidine groups is 1. The van der Waals surface area contributed by atoms with Gasteiger partial charge in [-0.25, -0.2) is 0 Å². The Morgan fingerprint density at radius 1 is 1.18 bits per heavy atom. The van der Waals surface area contributed by atoms with Crippen molar-refractivity contribution in [2.45, 2.75) is 72.9 Å². The summed E-state index contributed by atoms with van der Waals surface area (Å²) in [4.78, 5) is 7.32. The van der Waals surface area contributed by atoms with Gasteiger partial charge in [0.15, 0.2) is 0 Å². The van der Waals surface area contributed by atoms with E-state index < -0.39 is 0 Å². The van der Waals surface area contributed by atoms with Gasteiger partial charge in [-0.3, -0.25) is 4.99 Å². The van der Waals surface area contributed by atoms with E-state index >= 15 is 0 Å². The summed E-state index contributed by atoms with van der Waals surface area (Å²) < 4.78 is 0. The van der Waals surface area contributed by atoms with Crippen LogP contribution in [0, 0.1) is 11.8 Å². The number of hydrogen-bond donors (Lipinski definition) is 0. The molecule has 0 bridgehead atoms. The third kappa shape index (κ3) is 4.69. The normalized spacial score (nSPS) is 24.4. The van der Waals surface area contributed by atoms with E-state index in [2.05, 4.69) is 46.4 Å². The van der Waals surface area contributed by atoms with Crippen LogP contribution in [0.25, 0.3) is 0 Å². The third-order valence-corrected chi connectivity index (χ3v) is 3.40. The minimum Gasteiger partial charge on any atom is -0.358 e. The van der Waals surface area contributed by atoms with E-state index in [0.29, 0.717) is 12.1 Å². The highest BCUT2D eigenvalue weighted by molar-refractivity contribution is 5.83. The van der Waals surface area contributed by atoms with Gasteiger partial charge in [0, 0.05) is 25.0 Å². The molecule has 1 fully saturated rings. The number of aliphatic imine (C=N–C) groups is 1. The fourth-order valence-electron chi connectivity index (χ4n) is 2.76. The molecule has 1 saturated heterocycles. The van der Waals surface area contributed by atoms with Gasteiger partial charge in [0.1, 0.15) is 0 Å². The molecule has 0 saturated carbocycles. The molecule has 100 valence electrons. The Labute approximate surface area is 107 Å². The van der Waals surface area contributed by atoms with Gasteiger partial charge in [0.05, 0.1) is 5.84 Å². The number of nitrogens with zero attached hydrogens (tertiary/aromatic N) is 2. The molecule has 2 nitrogen and oxygen atoms in total. The Hall–Kier alpha value is -0.530. The van der Waals surface area contributed by atoms with Crippen LogP contribution in [0.4, 0.5) is 0 Å². The topological polar surface area (TPSA) is 15.6 Å². The summed E-state index contributed by atoms with van der Waals surface area (Å²) in [6.45, 7) is 14.8. The van der Waals surface area contributed by atoms with E-state index in [-0.39, 0.29) is 0 Å². The second-order valence-corrected chi connectivity index (χ2v) is 6.42. The summed E-state index contributed by atoms with van der Waals surface area (Å²) >= 11 is 0. The third-order valence-electron chi connectivity index (χ3n) is 3.40. The van der Waals surface area contributed by atoms with Gasteiger partial charge in [0.25, 0.3) is 0 Å². The molecule has 0 aliphatic carbocycles. The molecule has 17 heavy (non-hydrogen) atoms. The lowest BCUT2D eigenvalue weighted by Crippen LogP contribution is -2.44. The van der Waals surface area contributed by atoms with E-state index in [1.54, 1.807) is 0 Å². The second-order valence-electron chi connectivity index (χ2n) is 6.42. The van der Waals surface area contributed by atoms with Gasteiger partial charge in [-0.15, -0.1) is 0 Å². The van der Waals surface area contributed by atoms with Gasteiger partial charge in [-0.05, 0) is 52.4 Å². The average Bonchev–Trinajstić information content (AvgIpc) is 2.18. The largest absolute Gasteiger partial charge is 0.358 e. The quantitative estimate of drug-likeness (QED) is 0.724. The van der Waals surface area contributed by atoms with E-state index in [0.717, 1.165) is 11.8 Å². The number of piperidine rings is 1. The molecular formula is C15H30N2. The van der Waals surface area contributed by atoms with Crippen molar-refractivity contribution in [3.05, 3.63) is 0 Å². The predicted octanol–water partition coefficient (Wildman–Crippen LogP) is 3.96. The standard InChI is InChI=1S/C15H30N2/c1-11(2)9-14-7-8-15(16-12(3)4)17(10-14)13(5)6/h11-14H,7-10H2,1-6H3. The molecule has 1 aliphatic rings. The van der Waals surface area contributed by atoms with Gasteiger partial charge in [0.2, 0.25) is 0 Å². The summed E-state index contributed by atoms with van der Waals surface area (Å²) in [6, 6.07) is 1.01. The summed E-state index contributed by atoms with van der Waals surface area (Å²) in [7, 11) is 0. The first-order valence-corrected chi connectivity index (χ1v) is 7.23. The lowest BCUT2D eigenvalue weighted by atomic mass is 9.88. The van der Waals surface area contributed by atoms with Gasteiger partial charge >= 0.3 is 0 Å². The zero-order valence-electron chi connectivity index (χ0n) is 12.5. The van der Waals surface area contributed by atoms with Gasteiger partial charge < -0.3 is 4.90 Å². The smallest absolute Gasteiger partial charge is 0.0994 e. The van der Waals surface area contributed by atoms with Crippen molar-refractivity contribution < 1.29 is 0 Å². The minimum absolute atomic E-state index is 0.424. The maximum absolute atomic E-state index is 4.80. The molecule has 0 spiro atoms. The van der Waals surface area contributed by atoms with Crippen molar-refractivity contribution in [1.82, 2.24) is 4.90 Å². The molecular weight excluding hydrogens is 208 g/mol. The van der Waals surface area contributed by atoms with E-state index in [9.17, 15) is 0 Å². The zero-order chi connectivity index (χ0) is 13.0. The number of hydrogen-bond acceptors (Lipinski definition) is 1. The fourth-order valence-corrected chi connectivity index (χ4v) is 2.76. The molecule has 0 N–H and O–H groups in total. The SMILES string of the molecule is CC(C)CC1CCC(=NC(C)C)N(C(C)C)C1. The molecule has 0 radical (unpaired) electrons. The molecule has 1 atom stereocenters. The first-order valence-electron chi connectivity index (χ1n) is 7.23. The van der Waals surface area contributed by atoms with Crippen LogP contribution in [-0.2, 0) is 0 Å². The summed E-state index contributed by atoms with van der Waals surface area (Å²) in [5.74, 6) is 3.02. The molecule has 0 aromatic rings. The summed E-state index contributed by atoms with van der Waals surface area (Å²) in [5.41, 5.74) is 0. The highest BCUT2D eigenvalue weighted by atomic mass is 15.2. The maximum atomic E-state index is 4.80. The lowest BCUT2D eigenvalue weighted by molar-refractivity contribution is 0.227. The van der Waals surface area contributed by atoms with Crippen LogP contribution in [0.3, 0.4) is 0 Å². The number of rotatable bonds is 4. The highest BCUT2D eigenvalue weighted by Crippen LogP contribution is 2.26. The van der Waals surface area contributed by atoms with Crippen LogP contribution in [0.15, 0.2) is 4.99 Å². The van der Waals surface area contributed by atoms with Crippen LogP contribution >= 0.6 is 0 Å². The van der Waals surface area contributed by atoms with Crippen LogP contribution in [0.1, 0.15) is 60.8 Å². The van der Waals surface area contributed by atoms with E-state index in [4.69, 9.17) is 4.99 Å². The summed E-state index contributed by atoms with van der Waals surface area (Å²) in [5, 5.41) is 0. The van der Waals surface area contributed by atoms with Crippen molar-refractivity contribution in [2.24, 2.45) is 16.8 Å². The van der Waals surface area contributed by atoms with Gasteiger partial charge in [-0.1, -0.05) is 13.8 Å². The molecule has 1 heterocycles. The Morgan fingerprint density at radius 3 is 2.29 bits per heavy atom. The van der Waals surface area contributed by atoms with E-state index in [1.807, 2.05) is 0 Å². The van der Waals surface area contributed by atoms with Crippen molar-refractivity contribution in [3.8, 4) is 0 Å². The average molecular weight is 238 g/mol. The van der Waals surface area contributed by atoms with Crippen molar-refractivity contribution >= 4 is 5.84 Å².